The summed E-state index contributed by atoms with van der Waals surface area (Å²) in [5.41, 5.74) is 1.80. The number of nitro groups is 1. The molecule has 1 heterocycles. The average molecular weight is 497 g/mol. The lowest BCUT2D eigenvalue weighted by Crippen LogP contribution is -2.37. The van der Waals surface area contributed by atoms with Crippen molar-refractivity contribution in [3.05, 3.63) is 82.4 Å². The third kappa shape index (κ3) is 5.94. The Hall–Kier alpha value is -3.96. The van der Waals surface area contributed by atoms with Crippen molar-refractivity contribution in [3.63, 3.8) is 0 Å². The second-order valence-electron chi connectivity index (χ2n) is 7.70. The standard InChI is InChI=1S/C24H24N4O6S/c1-33-22-8-5-19(6-9-22)26-35(31,32)24-16-20(7-10-23(24)27-11-13-34-14-12-27)25-17-18-3-2-4-21(15-18)28(29)30/h2-10,15-17,26H,11-14H2,1H3. The Morgan fingerprint density at radius 2 is 1.83 bits per heavy atom. The maximum Gasteiger partial charge on any atom is 0.270 e. The molecule has 182 valence electrons. The molecule has 1 N–H and O–H groups in total. The van der Waals surface area contributed by atoms with Crippen LogP contribution in [-0.2, 0) is 14.8 Å². The molecule has 4 rings (SSSR count). The lowest BCUT2D eigenvalue weighted by Gasteiger charge is -2.30. The van der Waals surface area contributed by atoms with Gasteiger partial charge in [0.05, 0.1) is 36.6 Å². The molecule has 0 amide bonds. The van der Waals surface area contributed by atoms with E-state index < -0.39 is 14.9 Å². The predicted octanol–water partition coefficient (Wildman–Crippen LogP) is 3.99. The zero-order chi connectivity index (χ0) is 24.8. The molecule has 0 radical (unpaired) electrons. The summed E-state index contributed by atoms with van der Waals surface area (Å²) in [6, 6.07) is 17.5. The predicted molar refractivity (Wildman–Crippen MR) is 134 cm³/mol. The molecule has 0 bridgehead atoms. The minimum absolute atomic E-state index is 0.0522. The van der Waals surface area contributed by atoms with E-state index in [1.807, 2.05) is 4.90 Å². The summed E-state index contributed by atoms with van der Waals surface area (Å²) in [6.07, 6.45) is 1.46. The summed E-state index contributed by atoms with van der Waals surface area (Å²) in [4.78, 5) is 16.9. The van der Waals surface area contributed by atoms with Gasteiger partial charge in [0.25, 0.3) is 15.7 Å². The van der Waals surface area contributed by atoms with Crippen molar-refractivity contribution >= 4 is 39.0 Å². The van der Waals surface area contributed by atoms with Gasteiger partial charge in [0.1, 0.15) is 10.6 Å². The first-order valence-corrected chi connectivity index (χ1v) is 12.3. The molecule has 0 saturated carbocycles. The van der Waals surface area contributed by atoms with Crippen LogP contribution in [0.1, 0.15) is 5.56 Å². The zero-order valence-electron chi connectivity index (χ0n) is 19.0. The molecule has 0 aliphatic carbocycles. The highest BCUT2D eigenvalue weighted by Crippen LogP contribution is 2.32. The molecule has 0 unspecified atom stereocenters. The summed E-state index contributed by atoms with van der Waals surface area (Å²) in [5, 5.41) is 11.0. The van der Waals surface area contributed by atoms with Gasteiger partial charge >= 0.3 is 0 Å². The van der Waals surface area contributed by atoms with Gasteiger partial charge in [-0.2, -0.15) is 0 Å². The summed E-state index contributed by atoms with van der Waals surface area (Å²) in [7, 11) is -2.44. The van der Waals surface area contributed by atoms with E-state index >= 15 is 0 Å². The van der Waals surface area contributed by atoms with Crippen molar-refractivity contribution in [2.24, 2.45) is 4.99 Å². The maximum absolute atomic E-state index is 13.4. The first-order valence-electron chi connectivity index (χ1n) is 10.8. The van der Waals surface area contributed by atoms with E-state index in [2.05, 4.69) is 9.71 Å². The normalized spacial score (nSPS) is 14.1. The molecule has 0 aromatic heterocycles. The zero-order valence-corrected chi connectivity index (χ0v) is 19.8. The Bertz CT molecular complexity index is 1340. The molecule has 0 spiro atoms. The number of non-ortho nitro benzene ring substituents is 1. The summed E-state index contributed by atoms with van der Waals surface area (Å²) in [5.74, 6) is 0.611. The van der Waals surface area contributed by atoms with E-state index in [4.69, 9.17) is 9.47 Å². The quantitative estimate of drug-likeness (QED) is 0.284. The van der Waals surface area contributed by atoms with Gasteiger partial charge in [-0.15, -0.1) is 0 Å². The third-order valence-corrected chi connectivity index (χ3v) is 6.78. The molecule has 11 heteroatoms. The number of methoxy groups -OCH3 is 1. The van der Waals surface area contributed by atoms with Crippen LogP contribution in [0.4, 0.5) is 22.7 Å². The van der Waals surface area contributed by atoms with Crippen LogP contribution in [0.2, 0.25) is 0 Å². The van der Waals surface area contributed by atoms with E-state index in [1.54, 1.807) is 48.5 Å². The Balaban J connectivity index is 1.68. The fourth-order valence-electron chi connectivity index (χ4n) is 3.60. The number of anilines is 2. The highest BCUT2D eigenvalue weighted by Gasteiger charge is 2.24. The largest absolute Gasteiger partial charge is 0.497 e. The van der Waals surface area contributed by atoms with Crippen molar-refractivity contribution in [2.45, 2.75) is 4.90 Å². The number of benzene rings is 3. The number of morpholine rings is 1. The number of nitro benzene ring substituents is 1. The van der Waals surface area contributed by atoms with Crippen LogP contribution in [0.15, 0.2) is 76.6 Å². The van der Waals surface area contributed by atoms with Crippen molar-refractivity contribution < 1.29 is 22.8 Å². The number of hydrogen-bond acceptors (Lipinski definition) is 8. The van der Waals surface area contributed by atoms with Gasteiger partial charge < -0.3 is 14.4 Å². The van der Waals surface area contributed by atoms with Gasteiger partial charge in [-0.05, 0) is 48.0 Å². The Morgan fingerprint density at radius 1 is 1.09 bits per heavy atom. The van der Waals surface area contributed by atoms with Gasteiger partial charge in [0, 0.05) is 37.1 Å². The van der Waals surface area contributed by atoms with Crippen LogP contribution in [0.3, 0.4) is 0 Å². The van der Waals surface area contributed by atoms with E-state index in [-0.39, 0.29) is 10.6 Å². The SMILES string of the molecule is COc1ccc(NS(=O)(=O)c2cc(N=Cc3cccc([N+](=O)[O-])c3)ccc2N2CCOCC2)cc1. The third-order valence-electron chi connectivity index (χ3n) is 5.37. The first-order chi connectivity index (χ1) is 16.9. The van der Waals surface area contributed by atoms with Crippen LogP contribution in [-0.4, -0.2) is 53.0 Å². The lowest BCUT2D eigenvalue weighted by atomic mass is 10.2. The van der Waals surface area contributed by atoms with E-state index in [0.717, 1.165) is 0 Å². The fourth-order valence-corrected chi connectivity index (χ4v) is 4.91. The minimum Gasteiger partial charge on any atom is -0.497 e. The number of rotatable bonds is 8. The average Bonchev–Trinajstić information content (AvgIpc) is 2.88. The molecule has 1 aliphatic rings. The number of hydrogen-bond donors (Lipinski definition) is 1. The Kier molecular flexibility index (Phi) is 7.28. The summed E-state index contributed by atoms with van der Waals surface area (Å²) in [6.45, 7) is 2.11. The smallest absolute Gasteiger partial charge is 0.270 e. The van der Waals surface area contributed by atoms with Gasteiger partial charge in [-0.25, -0.2) is 8.42 Å². The van der Waals surface area contributed by atoms with Gasteiger partial charge in [0.15, 0.2) is 0 Å². The molecule has 3 aromatic rings. The summed E-state index contributed by atoms with van der Waals surface area (Å²) >= 11 is 0. The molecule has 0 atom stereocenters. The molecule has 3 aromatic carbocycles. The lowest BCUT2D eigenvalue weighted by molar-refractivity contribution is -0.384. The highest BCUT2D eigenvalue weighted by molar-refractivity contribution is 7.92. The number of ether oxygens (including phenoxy) is 2. The molecule has 35 heavy (non-hydrogen) atoms. The molecule has 1 fully saturated rings. The van der Waals surface area contributed by atoms with Crippen molar-refractivity contribution in [2.75, 3.05) is 43.0 Å². The van der Waals surface area contributed by atoms with Gasteiger partial charge in [-0.3, -0.25) is 19.8 Å². The van der Waals surface area contributed by atoms with Crippen LogP contribution in [0, 0.1) is 10.1 Å². The van der Waals surface area contributed by atoms with Crippen LogP contribution < -0.4 is 14.4 Å². The molecular weight excluding hydrogens is 472 g/mol. The molecule has 1 saturated heterocycles. The second-order valence-corrected chi connectivity index (χ2v) is 9.35. The minimum atomic E-state index is -3.97. The Morgan fingerprint density at radius 3 is 2.51 bits per heavy atom. The van der Waals surface area contributed by atoms with Crippen LogP contribution in [0.25, 0.3) is 0 Å². The maximum atomic E-state index is 13.4. The molecular formula is C24H24N4O6S. The van der Waals surface area contributed by atoms with Crippen molar-refractivity contribution in [3.8, 4) is 5.75 Å². The fraction of sp³-hybridized carbons (Fsp3) is 0.208. The number of nitrogens with one attached hydrogen (secondary N) is 1. The van der Waals surface area contributed by atoms with Crippen LogP contribution in [0.5, 0.6) is 5.75 Å². The monoisotopic (exact) mass is 496 g/mol. The van der Waals surface area contributed by atoms with Crippen molar-refractivity contribution in [1.29, 1.82) is 0 Å². The topological polar surface area (TPSA) is 123 Å². The van der Waals surface area contributed by atoms with Crippen molar-refractivity contribution in [1.82, 2.24) is 0 Å². The van der Waals surface area contributed by atoms with Gasteiger partial charge in [0.2, 0.25) is 0 Å². The van der Waals surface area contributed by atoms with E-state index in [1.165, 1.54) is 31.5 Å². The summed E-state index contributed by atoms with van der Waals surface area (Å²) < 4.78 is 40.0. The van der Waals surface area contributed by atoms with Gasteiger partial charge in [-0.1, -0.05) is 12.1 Å². The number of nitrogens with zero attached hydrogens (tertiary/aromatic N) is 3. The molecule has 10 nitrogen and oxygen atoms in total. The molecule has 1 aliphatic heterocycles. The Labute approximate surface area is 203 Å². The number of aliphatic imine (C=N–C) groups is 1. The highest BCUT2D eigenvalue weighted by atomic mass is 32.2. The second kappa shape index (κ2) is 10.5. The van der Waals surface area contributed by atoms with E-state index in [9.17, 15) is 18.5 Å². The first kappa shape index (κ1) is 24.2. The number of sulfonamides is 1. The van der Waals surface area contributed by atoms with Crippen LogP contribution >= 0.6 is 0 Å². The van der Waals surface area contributed by atoms with E-state index in [0.29, 0.717) is 54.7 Å².